The number of rotatable bonds is 8. The van der Waals surface area contributed by atoms with Gasteiger partial charge in [-0.15, -0.1) is 12.4 Å². The summed E-state index contributed by atoms with van der Waals surface area (Å²) in [7, 11) is 0. The van der Waals surface area contributed by atoms with Crippen LogP contribution < -0.4 is 10.6 Å². The van der Waals surface area contributed by atoms with Crippen molar-refractivity contribution in [1.82, 2.24) is 24.9 Å². The monoisotopic (exact) mass is 520 g/mol. The molecule has 0 saturated carbocycles. The summed E-state index contributed by atoms with van der Waals surface area (Å²) in [4.78, 5) is 30.8. The fraction of sp³-hybridized carbons (Fsp3) is 0.143. The molecule has 0 aliphatic carbocycles. The van der Waals surface area contributed by atoms with E-state index in [2.05, 4.69) is 35.6 Å². The molecular formula is C21H19Cl3N8O2. The van der Waals surface area contributed by atoms with Crippen molar-refractivity contribution in [2.45, 2.75) is 6.92 Å². The first kappa shape index (κ1) is 25.2. The van der Waals surface area contributed by atoms with Crippen LogP contribution in [-0.4, -0.2) is 42.9 Å². The highest BCUT2D eigenvalue weighted by Gasteiger charge is 2.16. The lowest BCUT2D eigenvalue weighted by molar-refractivity contribution is -0.385. The molecule has 4 rings (SSSR count). The lowest BCUT2D eigenvalue weighted by Crippen LogP contribution is -2.16. The van der Waals surface area contributed by atoms with Crippen LogP contribution in [0.15, 0.2) is 48.9 Å². The summed E-state index contributed by atoms with van der Waals surface area (Å²) in [6.07, 6.45) is 4.63. The lowest BCUT2D eigenvalue weighted by atomic mass is 10.1. The van der Waals surface area contributed by atoms with E-state index in [0.717, 1.165) is 17.1 Å². The van der Waals surface area contributed by atoms with Gasteiger partial charge in [0.1, 0.15) is 17.8 Å². The van der Waals surface area contributed by atoms with Crippen molar-refractivity contribution >= 4 is 53.1 Å². The number of aromatic nitrogens is 5. The Kier molecular flexibility index (Phi) is 8.21. The molecule has 3 N–H and O–H groups in total. The molecule has 0 saturated heterocycles. The van der Waals surface area contributed by atoms with Crippen LogP contribution in [0.5, 0.6) is 0 Å². The Bertz CT molecular complexity index is 1300. The largest absolute Gasteiger partial charge is 0.368 e. The maximum atomic E-state index is 10.7. The van der Waals surface area contributed by atoms with Gasteiger partial charge in [-0.2, -0.15) is 0 Å². The molecule has 0 aliphatic rings. The molecule has 0 radical (unpaired) electrons. The summed E-state index contributed by atoms with van der Waals surface area (Å²) >= 11 is 12.5. The van der Waals surface area contributed by atoms with Crippen molar-refractivity contribution in [3.05, 3.63) is 74.9 Å². The van der Waals surface area contributed by atoms with Crippen LogP contribution >= 0.6 is 35.6 Å². The van der Waals surface area contributed by atoms with Crippen LogP contribution in [0.1, 0.15) is 5.82 Å². The molecule has 13 heteroatoms. The number of benzene rings is 1. The molecule has 0 spiro atoms. The lowest BCUT2D eigenvalue weighted by Gasteiger charge is -2.12. The fourth-order valence-corrected chi connectivity index (χ4v) is 3.57. The van der Waals surface area contributed by atoms with E-state index in [4.69, 9.17) is 23.2 Å². The number of aryl methyl sites for hydroxylation is 1. The highest BCUT2D eigenvalue weighted by Crippen LogP contribution is 2.35. The van der Waals surface area contributed by atoms with Gasteiger partial charge in [-0.05, 0) is 31.2 Å². The molecule has 0 bridgehead atoms. The van der Waals surface area contributed by atoms with Crippen LogP contribution in [0.3, 0.4) is 0 Å². The summed E-state index contributed by atoms with van der Waals surface area (Å²) < 4.78 is 0. The third-order valence-corrected chi connectivity index (χ3v) is 5.19. The van der Waals surface area contributed by atoms with Crippen LogP contribution in [0.25, 0.3) is 22.5 Å². The minimum absolute atomic E-state index is 0. The molecule has 0 unspecified atom stereocenters. The Hall–Kier alpha value is -3.47. The SMILES string of the molecule is Cc1ncc(-c2cnc(NCCNc3ccc([N+](=O)[O-])cn3)nc2-c2ccc(Cl)cc2Cl)[nH]1.Cl. The summed E-state index contributed by atoms with van der Waals surface area (Å²) in [5.74, 6) is 1.71. The first-order valence-corrected chi connectivity index (χ1v) is 10.6. The normalized spacial score (nSPS) is 10.4. The van der Waals surface area contributed by atoms with Gasteiger partial charge in [-0.3, -0.25) is 10.1 Å². The van der Waals surface area contributed by atoms with Gasteiger partial charge >= 0.3 is 0 Å². The van der Waals surface area contributed by atoms with Crippen molar-refractivity contribution in [2.75, 3.05) is 23.7 Å². The molecule has 34 heavy (non-hydrogen) atoms. The predicted octanol–water partition coefficient (Wildman–Crippen LogP) is 5.40. The molecule has 176 valence electrons. The van der Waals surface area contributed by atoms with E-state index in [1.807, 2.05) is 13.0 Å². The Morgan fingerprint density at radius 3 is 2.44 bits per heavy atom. The van der Waals surface area contributed by atoms with Crippen molar-refractivity contribution in [1.29, 1.82) is 0 Å². The molecule has 0 fully saturated rings. The predicted molar refractivity (Wildman–Crippen MR) is 135 cm³/mol. The standard InChI is InChI=1S/C21H18Cl2N8O2.ClH/c1-12-26-11-18(29-12)16-10-28-21(30-20(16)15-4-2-13(22)8-17(15)23)25-7-6-24-19-5-3-14(9-27-19)31(32)33;/h2-5,8-11H,6-7H2,1H3,(H,24,27)(H,26,29)(H,25,28,30);1H. The third kappa shape index (κ3) is 5.90. The number of hydrogen-bond acceptors (Lipinski definition) is 8. The fourth-order valence-electron chi connectivity index (χ4n) is 3.07. The van der Waals surface area contributed by atoms with Crippen molar-refractivity contribution in [3.8, 4) is 22.5 Å². The zero-order valence-corrected chi connectivity index (χ0v) is 20.1. The van der Waals surface area contributed by atoms with Gasteiger partial charge in [0.05, 0.1) is 27.5 Å². The van der Waals surface area contributed by atoms with E-state index in [9.17, 15) is 10.1 Å². The number of nitrogens with zero attached hydrogens (tertiary/aromatic N) is 5. The van der Waals surface area contributed by atoms with Crippen molar-refractivity contribution in [3.63, 3.8) is 0 Å². The van der Waals surface area contributed by atoms with Crippen LogP contribution in [0, 0.1) is 17.0 Å². The number of halogens is 3. The van der Waals surface area contributed by atoms with Gasteiger partial charge in [0.25, 0.3) is 5.69 Å². The average molecular weight is 522 g/mol. The number of imidazole rings is 1. The summed E-state index contributed by atoms with van der Waals surface area (Å²) in [6.45, 7) is 2.84. The van der Waals surface area contributed by atoms with E-state index >= 15 is 0 Å². The average Bonchev–Trinajstić information content (AvgIpc) is 3.23. The molecule has 10 nitrogen and oxygen atoms in total. The van der Waals surface area contributed by atoms with Gasteiger partial charge in [-0.1, -0.05) is 23.2 Å². The molecular weight excluding hydrogens is 503 g/mol. The number of H-pyrrole nitrogens is 1. The highest BCUT2D eigenvalue weighted by molar-refractivity contribution is 6.36. The van der Waals surface area contributed by atoms with Crippen LogP contribution in [0.4, 0.5) is 17.5 Å². The second kappa shape index (κ2) is 11.1. The molecule has 4 aromatic rings. The van der Waals surface area contributed by atoms with Crippen LogP contribution in [0.2, 0.25) is 10.0 Å². The van der Waals surface area contributed by atoms with Gasteiger partial charge in [0.2, 0.25) is 5.95 Å². The molecule has 0 aliphatic heterocycles. The summed E-state index contributed by atoms with van der Waals surface area (Å²) in [5, 5.41) is 17.9. The third-order valence-electron chi connectivity index (χ3n) is 4.64. The second-order valence-electron chi connectivity index (χ2n) is 6.97. The van der Waals surface area contributed by atoms with E-state index in [1.54, 1.807) is 30.6 Å². The van der Waals surface area contributed by atoms with E-state index in [0.29, 0.717) is 46.2 Å². The summed E-state index contributed by atoms with van der Waals surface area (Å²) in [5.41, 5.74) is 2.79. The molecule has 1 aromatic carbocycles. The first-order valence-electron chi connectivity index (χ1n) is 9.83. The Labute approximate surface area is 210 Å². The number of pyridine rings is 1. The van der Waals surface area contributed by atoms with Gasteiger partial charge in [0.15, 0.2) is 0 Å². The summed E-state index contributed by atoms with van der Waals surface area (Å²) in [6, 6.07) is 8.17. The smallest absolute Gasteiger partial charge is 0.287 e. The maximum Gasteiger partial charge on any atom is 0.287 e. The number of anilines is 2. The molecule has 0 amide bonds. The number of nitrogens with one attached hydrogen (secondary N) is 3. The van der Waals surface area contributed by atoms with Gasteiger partial charge < -0.3 is 15.6 Å². The first-order chi connectivity index (χ1) is 15.9. The zero-order chi connectivity index (χ0) is 23.4. The Balaban J connectivity index is 0.00000324. The van der Waals surface area contributed by atoms with Gasteiger partial charge in [0, 0.05) is 41.5 Å². The van der Waals surface area contributed by atoms with Crippen LogP contribution in [-0.2, 0) is 0 Å². The van der Waals surface area contributed by atoms with E-state index < -0.39 is 4.92 Å². The maximum absolute atomic E-state index is 10.7. The molecule has 0 atom stereocenters. The number of nitro groups is 1. The Morgan fingerprint density at radius 2 is 1.79 bits per heavy atom. The second-order valence-corrected chi connectivity index (χ2v) is 7.82. The zero-order valence-electron chi connectivity index (χ0n) is 17.7. The van der Waals surface area contributed by atoms with Crippen molar-refractivity contribution < 1.29 is 4.92 Å². The number of aromatic amines is 1. The number of hydrogen-bond donors (Lipinski definition) is 3. The highest BCUT2D eigenvalue weighted by atomic mass is 35.5. The molecule has 3 heterocycles. The van der Waals surface area contributed by atoms with E-state index in [-0.39, 0.29) is 18.1 Å². The molecule has 3 aromatic heterocycles. The van der Waals surface area contributed by atoms with Gasteiger partial charge in [-0.25, -0.2) is 19.9 Å². The minimum Gasteiger partial charge on any atom is -0.368 e. The van der Waals surface area contributed by atoms with E-state index in [1.165, 1.54) is 12.3 Å². The minimum atomic E-state index is -0.492. The quantitative estimate of drug-likeness (QED) is 0.159. The Morgan fingerprint density at radius 1 is 1.00 bits per heavy atom. The van der Waals surface area contributed by atoms with Crippen molar-refractivity contribution in [2.24, 2.45) is 0 Å². The topological polar surface area (TPSA) is 135 Å².